The van der Waals surface area contributed by atoms with Crippen molar-refractivity contribution >= 4 is 34.7 Å². The maximum Gasteiger partial charge on any atom is 0.416 e. The number of halogens is 3. The maximum atomic E-state index is 12.8. The van der Waals surface area contributed by atoms with Crippen LogP contribution < -0.4 is 0 Å². The first-order valence-electron chi connectivity index (χ1n) is 7.82. The Morgan fingerprint density at radius 3 is 2.50 bits per heavy atom. The summed E-state index contributed by atoms with van der Waals surface area (Å²) in [5, 5.41) is 10.4. The molecule has 1 heterocycles. The molecule has 0 radical (unpaired) electrons. The number of hydrogen-bond acceptors (Lipinski definition) is 5. The van der Waals surface area contributed by atoms with E-state index in [-0.39, 0.29) is 28.3 Å². The number of carbonyl (C=O) groups is 2. The summed E-state index contributed by atoms with van der Waals surface area (Å²) in [4.78, 5) is 35.9. The second kappa shape index (κ2) is 7.47. The molecule has 1 saturated heterocycles. The molecule has 0 atom stereocenters. The molecule has 1 aliphatic rings. The van der Waals surface area contributed by atoms with Crippen molar-refractivity contribution in [1.82, 2.24) is 4.90 Å². The van der Waals surface area contributed by atoms with Gasteiger partial charge in [0.05, 0.1) is 21.9 Å². The van der Waals surface area contributed by atoms with E-state index in [4.69, 9.17) is 0 Å². The van der Waals surface area contributed by atoms with E-state index in [1.807, 2.05) is 0 Å². The lowest BCUT2D eigenvalue weighted by Gasteiger charge is -2.12. The van der Waals surface area contributed by atoms with Gasteiger partial charge in [0.1, 0.15) is 0 Å². The van der Waals surface area contributed by atoms with Crippen LogP contribution in [0.3, 0.4) is 0 Å². The minimum Gasteiger partial charge on any atom is -0.268 e. The van der Waals surface area contributed by atoms with Crippen molar-refractivity contribution in [2.24, 2.45) is 0 Å². The van der Waals surface area contributed by atoms with Crippen LogP contribution in [0.25, 0.3) is 6.08 Å². The normalized spacial score (nSPS) is 16.1. The molecular formula is C18H11F3N2O4S. The van der Waals surface area contributed by atoms with Crippen LogP contribution >= 0.6 is 11.8 Å². The number of nitro benzene ring substituents is 1. The average molecular weight is 408 g/mol. The van der Waals surface area contributed by atoms with Crippen molar-refractivity contribution in [1.29, 1.82) is 0 Å². The molecular weight excluding hydrogens is 397 g/mol. The summed E-state index contributed by atoms with van der Waals surface area (Å²) < 4.78 is 38.5. The van der Waals surface area contributed by atoms with Crippen LogP contribution in [0.2, 0.25) is 0 Å². The lowest BCUT2D eigenvalue weighted by Crippen LogP contribution is -2.27. The predicted octanol–water partition coefficient (Wildman–Crippen LogP) is 4.85. The molecule has 0 N–H and O–H groups in total. The molecule has 6 nitrogen and oxygen atoms in total. The Kier molecular flexibility index (Phi) is 5.23. The molecule has 2 aromatic carbocycles. The Labute approximate surface area is 160 Å². The van der Waals surface area contributed by atoms with E-state index in [0.717, 1.165) is 17.0 Å². The van der Waals surface area contributed by atoms with Crippen molar-refractivity contribution < 1.29 is 27.7 Å². The number of para-hydroxylation sites is 1. The van der Waals surface area contributed by atoms with Crippen LogP contribution in [0.4, 0.5) is 23.7 Å². The zero-order valence-electron chi connectivity index (χ0n) is 14.0. The molecule has 3 rings (SSSR count). The summed E-state index contributed by atoms with van der Waals surface area (Å²) in [5.41, 5.74) is -0.815. The van der Waals surface area contributed by atoms with E-state index >= 15 is 0 Å². The van der Waals surface area contributed by atoms with Gasteiger partial charge in [-0.2, -0.15) is 13.2 Å². The minimum absolute atomic E-state index is 0.0529. The van der Waals surface area contributed by atoms with Crippen LogP contribution in [0.15, 0.2) is 53.4 Å². The third-order valence-corrected chi connectivity index (χ3v) is 4.81. The number of rotatable bonds is 4. The lowest BCUT2D eigenvalue weighted by atomic mass is 10.1. The topological polar surface area (TPSA) is 80.5 Å². The van der Waals surface area contributed by atoms with Crippen molar-refractivity contribution in [3.05, 3.63) is 80.2 Å². The standard InChI is InChI=1S/C18H11F3N2O4S/c19-18(20,21)13-6-3-4-11(8-13)9-15-16(24)22(17(25)28-15)10-12-5-1-2-7-14(12)23(26)27/h1-9H,10H2/b15-9+. The summed E-state index contributed by atoms with van der Waals surface area (Å²) in [5.74, 6) is -0.717. The highest BCUT2D eigenvalue weighted by atomic mass is 32.2. The van der Waals surface area contributed by atoms with Gasteiger partial charge in [-0.25, -0.2) is 0 Å². The molecule has 28 heavy (non-hydrogen) atoms. The summed E-state index contributed by atoms with van der Waals surface area (Å²) >= 11 is 0.571. The van der Waals surface area contributed by atoms with Gasteiger partial charge < -0.3 is 0 Å². The fourth-order valence-electron chi connectivity index (χ4n) is 2.59. The zero-order chi connectivity index (χ0) is 20.5. The Morgan fingerprint density at radius 2 is 1.82 bits per heavy atom. The van der Waals surface area contributed by atoms with E-state index in [1.165, 1.54) is 36.4 Å². The van der Waals surface area contributed by atoms with E-state index < -0.39 is 27.8 Å². The van der Waals surface area contributed by atoms with Gasteiger partial charge >= 0.3 is 6.18 Å². The Bertz CT molecular complexity index is 1000. The van der Waals surface area contributed by atoms with Gasteiger partial charge in [-0.1, -0.05) is 30.3 Å². The van der Waals surface area contributed by atoms with Gasteiger partial charge in [-0.05, 0) is 35.5 Å². The SMILES string of the molecule is O=C1S/C(=C/c2cccc(C(F)(F)F)c2)C(=O)N1Cc1ccccc1[N+](=O)[O-]. The molecule has 0 unspecified atom stereocenters. The quantitative estimate of drug-likeness (QED) is 0.410. The fourth-order valence-corrected chi connectivity index (χ4v) is 3.42. The number of alkyl halides is 3. The highest BCUT2D eigenvalue weighted by Gasteiger charge is 2.36. The average Bonchev–Trinajstić information content (AvgIpc) is 2.89. The Hall–Kier alpha value is -3.14. The number of nitro groups is 1. The first kappa shape index (κ1) is 19.6. The molecule has 0 saturated carbocycles. The second-order valence-corrected chi connectivity index (χ2v) is 6.77. The van der Waals surface area contributed by atoms with Gasteiger partial charge in [0.25, 0.3) is 16.8 Å². The van der Waals surface area contributed by atoms with E-state index in [2.05, 4.69) is 0 Å². The number of amides is 2. The molecule has 0 spiro atoms. The molecule has 2 aromatic rings. The van der Waals surface area contributed by atoms with Crippen molar-refractivity contribution in [3.8, 4) is 0 Å². The largest absolute Gasteiger partial charge is 0.416 e. The predicted molar refractivity (Wildman–Crippen MR) is 96.1 cm³/mol. The smallest absolute Gasteiger partial charge is 0.268 e. The number of carbonyl (C=O) groups excluding carboxylic acids is 2. The number of thioether (sulfide) groups is 1. The fraction of sp³-hybridized carbons (Fsp3) is 0.111. The summed E-state index contributed by atoms with van der Waals surface area (Å²) in [6.07, 6.45) is -3.34. The van der Waals surface area contributed by atoms with Crippen LogP contribution in [0, 0.1) is 10.1 Å². The number of hydrogen-bond donors (Lipinski definition) is 0. The van der Waals surface area contributed by atoms with Gasteiger partial charge in [0, 0.05) is 11.6 Å². The Balaban J connectivity index is 1.87. The van der Waals surface area contributed by atoms with Crippen LogP contribution in [-0.4, -0.2) is 21.0 Å². The number of nitrogens with zero attached hydrogens (tertiary/aromatic N) is 2. The summed E-state index contributed by atoms with van der Waals surface area (Å²) in [6, 6.07) is 10.0. The number of benzene rings is 2. The van der Waals surface area contributed by atoms with Crippen molar-refractivity contribution in [2.45, 2.75) is 12.7 Å². The Morgan fingerprint density at radius 1 is 1.11 bits per heavy atom. The lowest BCUT2D eigenvalue weighted by molar-refractivity contribution is -0.385. The van der Waals surface area contributed by atoms with Gasteiger partial charge in [-0.15, -0.1) is 0 Å². The van der Waals surface area contributed by atoms with Crippen LogP contribution in [0.5, 0.6) is 0 Å². The van der Waals surface area contributed by atoms with Crippen molar-refractivity contribution in [2.75, 3.05) is 0 Å². The molecule has 0 aliphatic carbocycles. The monoisotopic (exact) mass is 408 g/mol. The molecule has 2 amide bonds. The molecule has 1 aliphatic heterocycles. The van der Waals surface area contributed by atoms with Gasteiger partial charge in [0.15, 0.2) is 0 Å². The van der Waals surface area contributed by atoms with Gasteiger partial charge in [0.2, 0.25) is 0 Å². The second-order valence-electron chi connectivity index (χ2n) is 5.78. The summed E-state index contributed by atoms with van der Waals surface area (Å²) in [7, 11) is 0. The summed E-state index contributed by atoms with van der Waals surface area (Å²) in [6.45, 7) is -0.304. The van der Waals surface area contributed by atoms with Crippen molar-refractivity contribution in [3.63, 3.8) is 0 Å². The third kappa shape index (κ3) is 4.06. The third-order valence-electron chi connectivity index (χ3n) is 3.90. The molecule has 144 valence electrons. The first-order valence-corrected chi connectivity index (χ1v) is 8.63. The van der Waals surface area contributed by atoms with E-state index in [1.54, 1.807) is 6.07 Å². The highest BCUT2D eigenvalue weighted by molar-refractivity contribution is 8.18. The van der Waals surface area contributed by atoms with Crippen LogP contribution in [0.1, 0.15) is 16.7 Å². The molecule has 10 heteroatoms. The van der Waals surface area contributed by atoms with Gasteiger partial charge in [-0.3, -0.25) is 24.6 Å². The zero-order valence-corrected chi connectivity index (χ0v) is 14.8. The van der Waals surface area contributed by atoms with E-state index in [0.29, 0.717) is 11.8 Å². The van der Waals surface area contributed by atoms with Crippen LogP contribution in [-0.2, 0) is 17.5 Å². The highest BCUT2D eigenvalue weighted by Crippen LogP contribution is 2.35. The maximum absolute atomic E-state index is 12.8. The molecule has 1 fully saturated rings. The first-order chi connectivity index (χ1) is 13.2. The number of imide groups is 1. The molecule has 0 aromatic heterocycles. The molecule has 0 bridgehead atoms. The van der Waals surface area contributed by atoms with E-state index in [9.17, 15) is 32.9 Å². The minimum atomic E-state index is -4.53.